The van der Waals surface area contributed by atoms with Gasteiger partial charge in [0.05, 0.1) is 4.47 Å². The number of carbonyl (C=O) groups is 1. The Morgan fingerprint density at radius 2 is 1.70 bits per heavy atom. The summed E-state index contributed by atoms with van der Waals surface area (Å²) in [6, 6.07) is 19.1. The van der Waals surface area contributed by atoms with Gasteiger partial charge in [-0.15, -0.1) is 0 Å². The summed E-state index contributed by atoms with van der Waals surface area (Å²) >= 11 is 3.50. The first-order valence-corrected chi connectivity index (χ1v) is 8.01. The van der Waals surface area contributed by atoms with Crippen molar-refractivity contribution in [3.8, 4) is 11.5 Å². The zero-order chi connectivity index (χ0) is 16.2. The van der Waals surface area contributed by atoms with Crippen molar-refractivity contribution in [2.24, 2.45) is 0 Å². The molecule has 23 heavy (non-hydrogen) atoms. The predicted molar refractivity (Wildman–Crippen MR) is 94.0 cm³/mol. The molecule has 0 aliphatic carbocycles. The highest BCUT2D eigenvalue weighted by atomic mass is 79.9. The quantitative estimate of drug-likeness (QED) is 0.484. The molecule has 4 heteroatoms. The lowest BCUT2D eigenvalue weighted by atomic mass is 10.1. The van der Waals surface area contributed by atoms with E-state index in [0.717, 1.165) is 20.8 Å². The first-order chi connectivity index (χ1) is 11.1. The number of fused-ring (bicyclic) bond motifs is 1. The molecule has 0 N–H and O–H groups in total. The van der Waals surface area contributed by atoms with Crippen LogP contribution in [0.15, 0.2) is 65.1 Å². The number of para-hydroxylation sites is 1. The van der Waals surface area contributed by atoms with Crippen LogP contribution in [0.3, 0.4) is 0 Å². The number of ether oxygens (including phenoxy) is 2. The molecule has 3 nitrogen and oxygen atoms in total. The lowest BCUT2D eigenvalue weighted by Crippen LogP contribution is -2.18. The minimum atomic E-state index is -0.441. The fourth-order valence-electron chi connectivity index (χ4n) is 2.30. The van der Waals surface area contributed by atoms with Crippen molar-refractivity contribution in [1.82, 2.24) is 0 Å². The Morgan fingerprint density at radius 1 is 0.957 bits per heavy atom. The fraction of sp³-hybridized carbons (Fsp3) is 0.105. The van der Waals surface area contributed by atoms with E-state index in [1.807, 2.05) is 61.5 Å². The second-order valence-electron chi connectivity index (χ2n) is 5.13. The molecule has 0 aromatic heterocycles. The van der Waals surface area contributed by atoms with Gasteiger partial charge in [-0.3, -0.25) is 0 Å². The van der Waals surface area contributed by atoms with Gasteiger partial charge in [0, 0.05) is 0 Å². The van der Waals surface area contributed by atoms with E-state index in [0.29, 0.717) is 11.5 Å². The van der Waals surface area contributed by atoms with Gasteiger partial charge in [0.1, 0.15) is 11.5 Å². The lowest BCUT2D eigenvalue weighted by molar-refractivity contribution is -0.136. The van der Waals surface area contributed by atoms with Crippen LogP contribution >= 0.6 is 15.9 Å². The van der Waals surface area contributed by atoms with Gasteiger partial charge in [-0.2, -0.15) is 0 Å². The number of aryl methyl sites for hydroxylation is 1. The van der Waals surface area contributed by atoms with Crippen molar-refractivity contribution < 1.29 is 14.3 Å². The average molecular weight is 371 g/mol. The Balaban J connectivity index is 1.71. The molecular formula is C19H15BrO3. The maximum absolute atomic E-state index is 12.0. The minimum Gasteiger partial charge on any atom is -0.482 e. The van der Waals surface area contributed by atoms with Crippen molar-refractivity contribution in [2.45, 2.75) is 6.92 Å². The van der Waals surface area contributed by atoms with Crippen molar-refractivity contribution in [3.63, 3.8) is 0 Å². The number of halogens is 1. The van der Waals surface area contributed by atoms with Gasteiger partial charge in [0.15, 0.2) is 6.61 Å². The summed E-state index contributed by atoms with van der Waals surface area (Å²) in [6.07, 6.45) is 0. The maximum atomic E-state index is 12.0. The first kappa shape index (κ1) is 15.6. The highest BCUT2D eigenvalue weighted by molar-refractivity contribution is 9.10. The average Bonchev–Trinajstić information content (AvgIpc) is 2.57. The molecule has 0 spiro atoms. The molecule has 3 aromatic carbocycles. The Labute approximate surface area is 143 Å². The summed E-state index contributed by atoms with van der Waals surface area (Å²) in [4.78, 5) is 12.0. The molecule has 0 atom stereocenters. The molecule has 0 amide bonds. The van der Waals surface area contributed by atoms with Crippen molar-refractivity contribution in [1.29, 1.82) is 0 Å². The predicted octanol–water partition coefficient (Wildman–Crippen LogP) is 4.90. The van der Waals surface area contributed by atoms with Crippen LogP contribution in [0, 0.1) is 6.92 Å². The number of rotatable bonds is 4. The molecule has 3 aromatic rings. The summed E-state index contributed by atoms with van der Waals surface area (Å²) in [5.41, 5.74) is 0.979. The molecule has 0 saturated heterocycles. The van der Waals surface area contributed by atoms with E-state index in [9.17, 15) is 4.79 Å². The number of esters is 1. The smallest absolute Gasteiger partial charge is 0.349 e. The molecule has 0 fully saturated rings. The maximum Gasteiger partial charge on any atom is 0.349 e. The Bertz CT molecular complexity index is 858. The largest absolute Gasteiger partial charge is 0.482 e. The number of benzene rings is 3. The van der Waals surface area contributed by atoms with E-state index >= 15 is 0 Å². The lowest BCUT2D eigenvalue weighted by Gasteiger charge is -2.11. The Morgan fingerprint density at radius 3 is 2.52 bits per heavy atom. The fourth-order valence-corrected chi connectivity index (χ4v) is 2.87. The van der Waals surface area contributed by atoms with Gasteiger partial charge in [-0.05, 0) is 51.3 Å². The van der Waals surface area contributed by atoms with E-state index in [4.69, 9.17) is 9.47 Å². The van der Waals surface area contributed by atoms with Gasteiger partial charge < -0.3 is 9.47 Å². The second-order valence-corrected chi connectivity index (χ2v) is 5.92. The van der Waals surface area contributed by atoms with Crippen LogP contribution in [0.1, 0.15) is 5.56 Å². The molecule has 0 bridgehead atoms. The number of hydrogen-bond donors (Lipinski definition) is 0. The SMILES string of the molecule is Cc1ccccc1OCC(=O)Oc1ccc2ccccc2c1Br. The van der Waals surface area contributed by atoms with Gasteiger partial charge in [0.2, 0.25) is 0 Å². The summed E-state index contributed by atoms with van der Waals surface area (Å²) in [7, 11) is 0. The number of carbonyl (C=O) groups excluding carboxylic acids is 1. The monoisotopic (exact) mass is 370 g/mol. The van der Waals surface area contributed by atoms with Crippen LogP contribution in [0.2, 0.25) is 0 Å². The van der Waals surface area contributed by atoms with Gasteiger partial charge in [-0.1, -0.05) is 48.5 Å². The summed E-state index contributed by atoms with van der Waals surface area (Å²) in [5, 5.41) is 2.08. The molecule has 0 aliphatic heterocycles. The normalized spacial score (nSPS) is 10.5. The summed E-state index contributed by atoms with van der Waals surface area (Å²) < 4.78 is 11.7. The molecule has 0 unspecified atom stereocenters. The van der Waals surface area contributed by atoms with Crippen LogP contribution in [0.5, 0.6) is 11.5 Å². The third-order valence-electron chi connectivity index (χ3n) is 3.49. The summed E-state index contributed by atoms with van der Waals surface area (Å²) in [5.74, 6) is 0.730. The molecule has 0 heterocycles. The van der Waals surface area contributed by atoms with Crippen molar-refractivity contribution >= 4 is 32.7 Å². The highest BCUT2D eigenvalue weighted by Gasteiger charge is 2.11. The van der Waals surface area contributed by atoms with E-state index in [2.05, 4.69) is 15.9 Å². The molecule has 116 valence electrons. The van der Waals surface area contributed by atoms with E-state index in [1.54, 1.807) is 6.07 Å². The molecule has 3 rings (SSSR count). The van der Waals surface area contributed by atoms with Crippen LogP contribution in [-0.4, -0.2) is 12.6 Å². The van der Waals surface area contributed by atoms with Crippen molar-refractivity contribution in [3.05, 3.63) is 70.7 Å². The topological polar surface area (TPSA) is 35.5 Å². The number of hydrogen-bond acceptors (Lipinski definition) is 3. The van der Waals surface area contributed by atoms with E-state index < -0.39 is 5.97 Å². The third-order valence-corrected chi connectivity index (χ3v) is 4.31. The van der Waals surface area contributed by atoms with Gasteiger partial charge in [-0.25, -0.2) is 4.79 Å². The zero-order valence-electron chi connectivity index (χ0n) is 12.6. The standard InChI is InChI=1S/C19H15BrO3/c1-13-6-2-5-9-16(13)22-12-18(21)23-17-11-10-14-7-3-4-8-15(14)19(17)20/h2-11H,12H2,1H3. The van der Waals surface area contributed by atoms with Crippen LogP contribution in [0.4, 0.5) is 0 Å². The van der Waals surface area contributed by atoms with Gasteiger partial charge >= 0.3 is 5.97 Å². The van der Waals surface area contributed by atoms with Crippen LogP contribution in [-0.2, 0) is 4.79 Å². The van der Waals surface area contributed by atoms with Gasteiger partial charge in [0.25, 0.3) is 0 Å². The molecule has 0 saturated carbocycles. The Kier molecular flexibility index (Phi) is 4.63. The summed E-state index contributed by atoms with van der Waals surface area (Å²) in [6.45, 7) is 1.80. The van der Waals surface area contributed by atoms with Crippen molar-refractivity contribution in [2.75, 3.05) is 6.61 Å². The first-order valence-electron chi connectivity index (χ1n) is 7.21. The molecule has 0 radical (unpaired) electrons. The zero-order valence-corrected chi connectivity index (χ0v) is 14.2. The Hall–Kier alpha value is -2.33. The van der Waals surface area contributed by atoms with Crippen LogP contribution < -0.4 is 9.47 Å². The highest BCUT2D eigenvalue weighted by Crippen LogP contribution is 2.33. The van der Waals surface area contributed by atoms with Crippen LogP contribution in [0.25, 0.3) is 10.8 Å². The van der Waals surface area contributed by atoms with E-state index in [1.165, 1.54) is 0 Å². The second kappa shape index (κ2) is 6.84. The molecular weight excluding hydrogens is 356 g/mol. The minimum absolute atomic E-state index is 0.135. The third kappa shape index (κ3) is 3.54. The van der Waals surface area contributed by atoms with E-state index in [-0.39, 0.29) is 6.61 Å². The molecule has 0 aliphatic rings.